The van der Waals surface area contributed by atoms with Gasteiger partial charge in [0.05, 0.1) is 17.1 Å². The number of anilines is 1. The predicted octanol–water partition coefficient (Wildman–Crippen LogP) is 3.33. The molecule has 0 spiro atoms. The van der Waals surface area contributed by atoms with E-state index in [4.69, 9.17) is 0 Å². The van der Waals surface area contributed by atoms with Gasteiger partial charge in [-0.25, -0.2) is 4.98 Å². The van der Waals surface area contributed by atoms with Crippen molar-refractivity contribution in [3.63, 3.8) is 0 Å². The van der Waals surface area contributed by atoms with Gasteiger partial charge in [0.25, 0.3) is 5.56 Å². The Kier molecular flexibility index (Phi) is 4.93. The molecule has 3 heterocycles. The molecule has 7 heteroatoms. The number of aryl methyl sites for hydroxylation is 2. The molecule has 1 N–H and O–H groups in total. The number of nitrogens with one attached hydrogen (secondary N) is 1. The fraction of sp³-hybridized carbons (Fsp3) is 0.333. The van der Waals surface area contributed by atoms with Gasteiger partial charge in [-0.2, -0.15) is 0 Å². The van der Waals surface area contributed by atoms with Crippen molar-refractivity contribution in [1.82, 2.24) is 14.5 Å². The number of amides is 1. The minimum Gasteiger partial charge on any atom is -0.325 e. The fourth-order valence-corrected chi connectivity index (χ4v) is 4.73. The molecule has 3 aromatic rings. The average molecular weight is 395 g/mol. The van der Waals surface area contributed by atoms with Gasteiger partial charge in [0.2, 0.25) is 5.91 Å². The SMILES string of the molecule is CCc1c(C)nc2n(c1=O)CC(C(=O)Nc1cc(C)nc3ccccc13)CS2. The van der Waals surface area contributed by atoms with Crippen molar-refractivity contribution in [3.05, 3.63) is 57.6 Å². The number of benzene rings is 1. The lowest BCUT2D eigenvalue weighted by Crippen LogP contribution is -2.38. The Morgan fingerprint density at radius 1 is 1.29 bits per heavy atom. The molecule has 0 saturated carbocycles. The van der Waals surface area contributed by atoms with Crippen LogP contribution in [0.3, 0.4) is 0 Å². The topological polar surface area (TPSA) is 76.9 Å². The van der Waals surface area contributed by atoms with E-state index in [1.807, 2.05) is 51.1 Å². The quantitative estimate of drug-likeness (QED) is 0.690. The molecule has 1 amide bonds. The monoisotopic (exact) mass is 394 g/mol. The fourth-order valence-electron chi connectivity index (χ4n) is 3.61. The maximum absolute atomic E-state index is 13.0. The maximum atomic E-state index is 13.0. The zero-order valence-electron chi connectivity index (χ0n) is 16.2. The van der Waals surface area contributed by atoms with Gasteiger partial charge in [-0.1, -0.05) is 36.9 Å². The molecule has 4 rings (SSSR count). The van der Waals surface area contributed by atoms with Crippen molar-refractivity contribution < 1.29 is 4.79 Å². The summed E-state index contributed by atoms with van der Waals surface area (Å²) in [6.45, 7) is 6.09. The molecule has 0 fully saturated rings. The second-order valence-electron chi connectivity index (χ2n) is 7.05. The van der Waals surface area contributed by atoms with Crippen molar-refractivity contribution in [2.24, 2.45) is 5.92 Å². The Balaban J connectivity index is 1.62. The summed E-state index contributed by atoms with van der Waals surface area (Å²) in [4.78, 5) is 34.8. The zero-order valence-corrected chi connectivity index (χ0v) is 17.0. The van der Waals surface area contributed by atoms with Crippen LogP contribution in [-0.2, 0) is 17.8 Å². The summed E-state index contributed by atoms with van der Waals surface area (Å²) in [6, 6.07) is 9.64. The highest BCUT2D eigenvalue weighted by Gasteiger charge is 2.28. The van der Waals surface area contributed by atoms with E-state index in [0.717, 1.165) is 33.5 Å². The van der Waals surface area contributed by atoms with Crippen LogP contribution in [0.4, 0.5) is 5.69 Å². The Hall–Kier alpha value is -2.67. The minimum atomic E-state index is -0.295. The minimum absolute atomic E-state index is 0.0276. The van der Waals surface area contributed by atoms with Gasteiger partial charge in [0.1, 0.15) is 0 Å². The molecule has 1 atom stereocenters. The Labute approximate surface area is 167 Å². The van der Waals surface area contributed by atoms with Crippen LogP contribution in [0.1, 0.15) is 23.9 Å². The second kappa shape index (κ2) is 7.39. The van der Waals surface area contributed by atoms with Crippen molar-refractivity contribution in [3.8, 4) is 0 Å². The molecule has 0 radical (unpaired) electrons. The molecule has 28 heavy (non-hydrogen) atoms. The van der Waals surface area contributed by atoms with E-state index < -0.39 is 0 Å². The number of pyridine rings is 1. The van der Waals surface area contributed by atoms with Gasteiger partial charge >= 0.3 is 0 Å². The first kappa shape index (κ1) is 18.7. The summed E-state index contributed by atoms with van der Waals surface area (Å²) in [5.41, 5.74) is 3.94. The molecule has 144 valence electrons. The molecule has 1 aliphatic heterocycles. The summed E-state index contributed by atoms with van der Waals surface area (Å²) in [5.74, 6) is 0.224. The Morgan fingerprint density at radius 3 is 2.86 bits per heavy atom. The molecule has 2 aromatic heterocycles. The Morgan fingerprint density at radius 2 is 2.07 bits per heavy atom. The van der Waals surface area contributed by atoms with E-state index in [2.05, 4.69) is 15.3 Å². The normalized spacial score (nSPS) is 16.0. The number of hydrogen-bond acceptors (Lipinski definition) is 5. The van der Waals surface area contributed by atoms with E-state index >= 15 is 0 Å². The lowest BCUT2D eigenvalue weighted by molar-refractivity contribution is -0.119. The zero-order chi connectivity index (χ0) is 19.8. The van der Waals surface area contributed by atoms with E-state index in [0.29, 0.717) is 23.9 Å². The summed E-state index contributed by atoms with van der Waals surface area (Å²) in [5, 5.41) is 4.67. The number of hydrogen-bond donors (Lipinski definition) is 1. The second-order valence-corrected chi connectivity index (χ2v) is 8.04. The molecular weight excluding hydrogens is 372 g/mol. The highest BCUT2D eigenvalue weighted by Crippen LogP contribution is 2.28. The lowest BCUT2D eigenvalue weighted by Gasteiger charge is -2.25. The molecule has 0 bridgehead atoms. The average Bonchev–Trinajstić information content (AvgIpc) is 2.68. The van der Waals surface area contributed by atoms with Crippen molar-refractivity contribution >= 4 is 34.3 Å². The number of fused-ring (bicyclic) bond motifs is 2. The summed E-state index contributed by atoms with van der Waals surface area (Å²) in [7, 11) is 0. The van der Waals surface area contributed by atoms with Crippen LogP contribution in [0.2, 0.25) is 0 Å². The molecule has 0 saturated heterocycles. The van der Waals surface area contributed by atoms with Crippen LogP contribution < -0.4 is 10.9 Å². The van der Waals surface area contributed by atoms with Crippen molar-refractivity contribution in [2.75, 3.05) is 11.1 Å². The first-order valence-electron chi connectivity index (χ1n) is 9.38. The van der Waals surface area contributed by atoms with E-state index in [9.17, 15) is 9.59 Å². The molecule has 1 aromatic carbocycles. The Bertz CT molecular complexity index is 1140. The van der Waals surface area contributed by atoms with E-state index in [1.54, 1.807) is 4.57 Å². The van der Waals surface area contributed by atoms with Crippen LogP contribution in [-0.4, -0.2) is 26.2 Å². The number of carbonyl (C=O) groups is 1. The van der Waals surface area contributed by atoms with Crippen LogP contribution in [0.15, 0.2) is 40.3 Å². The third-order valence-corrected chi connectivity index (χ3v) is 6.22. The van der Waals surface area contributed by atoms with Gasteiger partial charge in [-0.15, -0.1) is 0 Å². The van der Waals surface area contributed by atoms with E-state index in [-0.39, 0.29) is 17.4 Å². The van der Waals surface area contributed by atoms with Gasteiger partial charge in [-0.3, -0.25) is 19.1 Å². The number of rotatable bonds is 3. The smallest absolute Gasteiger partial charge is 0.257 e. The number of carbonyl (C=O) groups excluding carboxylic acids is 1. The van der Waals surface area contributed by atoms with Crippen LogP contribution >= 0.6 is 11.8 Å². The van der Waals surface area contributed by atoms with Gasteiger partial charge in [0.15, 0.2) is 5.16 Å². The molecule has 0 aliphatic carbocycles. The molecule has 1 aliphatic rings. The third kappa shape index (κ3) is 3.30. The van der Waals surface area contributed by atoms with Crippen molar-refractivity contribution in [1.29, 1.82) is 0 Å². The third-order valence-electron chi connectivity index (χ3n) is 5.08. The number of thioether (sulfide) groups is 1. The van der Waals surface area contributed by atoms with Gasteiger partial charge in [-0.05, 0) is 32.4 Å². The number of nitrogens with zero attached hydrogens (tertiary/aromatic N) is 3. The van der Waals surface area contributed by atoms with Crippen LogP contribution in [0, 0.1) is 19.8 Å². The maximum Gasteiger partial charge on any atom is 0.257 e. The largest absolute Gasteiger partial charge is 0.325 e. The van der Waals surface area contributed by atoms with E-state index in [1.165, 1.54) is 11.8 Å². The van der Waals surface area contributed by atoms with Crippen LogP contribution in [0.5, 0.6) is 0 Å². The molecule has 1 unspecified atom stereocenters. The van der Waals surface area contributed by atoms with Gasteiger partial charge in [0, 0.05) is 34.6 Å². The first-order chi connectivity index (χ1) is 13.5. The lowest BCUT2D eigenvalue weighted by atomic mass is 10.1. The summed E-state index contributed by atoms with van der Waals surface area (Å²) >= 11 is 1.47. The van der Waals surface area contributed by atoms with Gasteiger partial charge < -0.3 is 5.32 Å². The van der Waals surface area contributed by atoms with Crippen LogP contribution in [0.25, 0.3) is 10.9 Å². The summed E-state index contributed by atoms with van der Waals surface area (Å²) in [6.07, 6.45) is 0.641. The highest BCUT2D eigenvalue weighted by molar-refractivity contribution is 7.99. The first-order valence-corrected chi connectivity index (χ1v) is 10.4. The molecule has 6 nitrogen and oxygen atoms in total. The standard InChI is InChI=1S/C21H22N4O2S/c1-4-15-13(3)23-21-25(20(15)27)10-14(11-28-21)19(26)24-18-9-12(2)22-17-8-6-5-7-16(17)18/h5-9,14H,4,10-11H2,1-3H3,(H,22,24,26). The molecular formula is C21H22N4O2S. The number of para-hydroxylation sites is 1. The van der Waals surface area contributed by atoms with Crippen molar-refractivity contribution in [2.45, 2.75) is 38.9 Å². The highest BCUT2D eigenvalue weighted by atomic mass is 32.2. The summed E-state index contributed by atoms with van der Waals surface area (Å²) < 4.78 is 1.65. The predicted molar refractivity (Wildman–Crippen MR) is 112 cm³/mol. The number of aromatic nitrogens is 3.